The predicted octanol–water partition coefficient (Wildman–Crippen LogP) is 3.59. The first-order valence-corrected chi connectivity index (χ1v) is 5.65. The lowest BCUT2D eigenvalue weighted by Crippen LogP contribution is -1.82. The second-order valence-electron chi connectivity index (χ2n) is 3.09. The lowest BCUT2D eigenvalue weighted by molar-refractivity contribution is 1.05. The van der Waals surface area contributed by atoms with E-state index in [1.54, 1.807) is 24.2 Å². The number of aromatic nitrogens is 2. The summed E-state index contributed by atoms with van der Waals surface area (Å²) in [4.78, 5) is 9.29. The Balaban J connectivity index is 2.15. The zero-order valence-corrected chi connectivity index (χ0v) is 9.72. The van der Waals surface area contributed by atoms with Crippen molar-refractivity contribution in [2.75, 3.05) is 0 Å². The zero-order chi connectivity index (χ0) is 10.7. The average Bonchev–Trinajstić information content (AvgIpc) is 2.25. The van der Waals surface area contributed by atoms with Crippen LogP contribution >= 0.6 is 23.4 Å². The summed E-state index contributed by atoms with van der Waals surface area (Å²) < 4.78 is 0. The monoisotopic (exact) mass is 236 g/mol. The first-order valence-electron chi connectivity index (χ1n) is 4.46. The fourth-order valence-corrected chi connectivity index (χ4v) is 1.90. The molecule has 0 spiro atoms. The van der Waals surface area contributed by atoms with Gasteiger partial charge in [0, 0.05) is 4.90 Å². The number of aryl methyl sites for hydroxylation is 1. The van der Waals surface area contributed by atoms with Crippen molar-refractivity contribution in [2.24, 2.45) is 0 Å². The topological polar surface area (TPSA) is 25.8 Å². The van der Waals surface area contributed by atoms with Crippen molar-refractivity contribution in [3.05, 3.63) is 47.4 Å². The van der Waals surface area contributed by atoms with E-state index in [2.05, 4.69) is 41.2 Å². The van der Waals surface area contributed by atoms with Crippen LogP contribution in [0, 0.1) is 6.92 Å². The molecule has 0 unspecified atom stereocenters. The van der Waals surface area contributed by atoms with Crippen molar-refractivity contribution in [1.29, 1.82) is 0 Å². The van der Waals surface area contributed by atoms with Crippen molar-refractivity contribution in [3.63, 3.8) is 0 Å². The smallest absolute Gasteiger partial charge is 0.147 e. The van der Waals surface area contributed by atoms with Gasteiger partial charge in [0.25, 0.3) is 0 Å². The summed E-state index contributed by atoms with van der Waals surface area (Å²) in [6, 6.07) is 8.28. The van der Waals surface area contributed by atoms with E-state index in [9.17, 15) is 0 Å². The highest BCUT2D eigenvalue weighted by atomic mass is 35.5. The van der Waals surface area contributed by atoms with Gasteiger partial charge >= 0.3 is 0 Å². The number of hydrogen-bond acceptors (Lipinski definition) is 3. The summed E-state index contributed by atoms with van der Waals surface area (Å²) in [5.74, 6) is 0. The first-order chi connectivity index (χ1) is 7.24. The molecule has 0 aliphatic rings. The SMILES string of the molecule is Cc1ccc(Sc2cnc(Cl)cn2)cc1. The predicted molar refractivity (Wildman–Crippen MR) is 62.3 cm³/mol. The van der Waals surface area contributed by atoms with Crippen molar-refractivity contribution in [2.45, 2.75) is 16.8 Å². The van der Waals surface area contributed by atoms with Crippen LogP contribution in [-0.4, -0.2) is 9.97 Å². The highest BCUT2D eigenvalue weighted by molar-refractivity contribution is 7.99. The van der Waals surface area contributed by atoms with Gasteiger partial charge in [0.05, 0.1) is 12.4 Å². The van der Waals surface area contributed by atoms with E-state index in [-0.39, 0.29) is 0 Å². The maximum atomic E-state index is 5.65. The molecule has 1 heterocycles. The molecule has 0 saturated carbocycles. The lowest BCUT2D eigenvalue weighted by Gasteiger charge is -2.00. The average molecular weight is 237 g/mol. The quantitative estimate of drug-likeness (QED) is 0.797. The fourth-order valence-electron chi connectivity index (χ4n) is 1.08. The second kappa shape index (κ2) is 4.64. The first kappa shape index (κ1) is 10.5. The lowest BCUT2D eigenvalue weighted by atomic mass is 10.2. The normalized spacial score (nSPS) is 10.3. The van der Waals surface area contributed by atoms with Gasteiger partial charge in [-0.25, -0.2) is 9.97 Å². The molecule has 4 heteroatoms. The third-order valence-corrected chi connectivity index (χ3v) is 2.96. The molecule has 76 valence electrons. The van der Waals surface area contributed by atoms with Gasteiger partial charge in [-0.2, -0.15) is 0 Å². The van der Waals surface area contributed by atoms with Crippen molar-refractivity contribution in [1.82, 2.24) is 9.97 Å². The van der Waals surface area contributed by atoms with Crippen LogP contribution in [0.5, 0.6) is 0 Å². The summed E-state index contributed by atoms with van der Waals surface area (Å²) in [6.45, 7) is 2.07. The van der Waals surface area contributed by atoms with Gasteiger partial charge in [-0.15, -0.1) is 0 Å². The van der Waals surface area contributed by atoms with Crippen LogP contribution in [-0.2, 0) is 0 Å². The third-order valence-electron chi connectivity index (χ3n) is 1.84. The Morgan fingerprint density at radius 1 is 1.07 bits per heavy atom. The van der Waals surface area contributed by atoms with Crippen molar-refractivity contribution < 1.29 is 0 Å². The van der Waals surface area contributed by atoms with Crippen LogP contribution in [0.25, 0.3) is 0 Å². The Labute approximate surface area is 97.7 Å². The third kappa shape index (κ3) is 2.94. The Morgan fingerprint density at radius 3 is 2.40 bits per heavy atom. The maximum Gasteiger partial charge on any atom is 0.147 e. The van der Waals surface area contributed by atoms with Gasteiger partial charge in [-0.3, -0.25) is 0 Å². The highest BCUT2D eigenvalue weighted by Gasteiger charge is 1.98. The fraction of sp³-hybridized carbons (Fsp3) is 0.0909. The minimum atomic E-state index is 0.420. The molecule has 0 atom stereocenters. The molecule has 0 amide bonds. The number of benzene rings is 1. The van der Waals surface area contributed by atoms with Crippen molar-refractivity contribution in [3.8, 4) is 0 Å². The molecule has 2 rings (SSSR count). The molecular formula is C11H9ClN2S. The second-order valence-corrected chi connectivity index (χ2v) is 4.57. The number of rotatable bonds is 2. The van der Waals surface area contributed by atoms with Crippen LogP contribution < -0.4 is 0 Å². The molecule has 0 bridgehead atoms. The van der Waals surface area contributed by atoms with Gasteiger partial charge in [0.2, 0.25) is 0 Å². The minimum absolute atomic E-state index is 0.420. The maximum absolute atomic E-state index is 5.65. The van der Waals surface area contributed by atoms with Crippen LogP contribution in [0.4, 0.5) is 0 Å². The zero-order valence-electron chi connectivity index (χ0n) is 8.14. The van der Waals surface area contributed by atoms with Crippen LogP contribution in [0.1, 0.15) is 5.56 Å². The van der Waals surface area contributed by atoms with Gasteiger partial charge in [0.15, 0.2) is 0 Å². The summed E-state index contributed by atoms with van der Waals surface area (Å²) in [5.41, 5.74) is 1.25. The molecule has 15 heavy (non-hydrogen) atoms. The highest BCUT2D eigenvalue weighted by Crippen LogP contribution is 2.25. The molecule has 0 saturated heterocycles. The van der Waals surface area contributed by atoms with E-state index in [0.717, 1.165) is 9.92 Å². The number of nitrogens with zero attached hydrogens (tertiary/aromatic N) is 2. The Kier molecular flexibility index (Phi) is 3.23. The van der Waals surface area contributed by atoms with Crippen LogP contribution in [0.3, 0.4) is 0 Å². The van der Waals surface area contributed by atoms with Crippen molar-refractivity contribution >= 4 is 23.4 Å². The van der Waals surface area contributed by atoms with E-state index < -0.39 is 0 Å². The summed E-state index contributed by atoms with van der Waals surface area (Å²) in [5, 5.41) is 1.27. The summed E-state index contributed by atoms with van der Waals surface area (Å²) in [6.07, 6.45) is 3.23. The van der Waals surface area contributed by atoms with Gasteiger partial charge < -0.3 is 0 Å². The Morgan fingerprint density at radius 2 is 1.80 bits per heavy atom. The molecule has 2 aromatic rings. The molecule has 0 fully saturated rings. The molecule has 0 N–H and O–H groups in total. The molecule has 2 nitrogen and oxygen atoms in total. The Hall–Kier alpha value is -1.06. The van der Waals surface area contributed by atoms with E-state index in [4.69, 9.17) is 11.6 Å². The van der Waals surface area contributed by atoms with E-state index in [1.165, 1.54) is 5.56 Å². The van der Waals surface area contributed by atoms with E-state index in [1.807, 2.05) is 0 Å². The van der Waals surface area contributed by atoms with Gasteiger partial charge in [-0.1, -0.05) is 41.1 Å². The molecule has 0 aliphatic heterocycles. The molecule has 1 aromatic heterocycles. The molecule has 1 aromatic carbocycles. The van der Waals surface area contributed by atoms with Crippen LogP contribution in [0.15, 0.2) is 46.6 Å². The molecular weight excluding hydrogens is 228 g/mol. The number of hydrogen-bond donors (Lipinski definition) is 0. The number of halogens is 1. The Bertz CT molecular complexity index is 396. The van der Waals surface area contributed by atoms with Crippen LogP contribution in [0.2, 0.25) is 5.15 Å². The minimum Gasteiger partial charge on any atom is -0.245 e. The van der Waals surface area contributed by atoms with E-state index >= 15 is 0 Å². The van der Waals surface area contributed by atoms with Gasteiger partial charge in [-0.05, 0) is 19.1 Å². The standard InChI is InChI=1S/C11H9ClN2S/c1-8-2-4-9(5-3-8)15-11-7-13-10(12)6-14-11/h2-7H,1H3. The summed E-state index contributed by atoms with van der Waals surface area (Å²) in [7, 11) is 0. The molecule has 0 aliphatic carbocycles. The largest absolute Gasteiger partial charge is 0.245 e. The van der Waals surface area contributed by atoms with E-state index in [0.29, 0.717) is 5.15 Å². The summed E-state index contributed by atoms with van der Waals surface area (Å²) >= 11 is 7.23. The molecule has 0 radical (unpaired) electrons. The van der Waals surface area contributed by atoms with Gasteiger partial charge in [0.1, 0.15) is 10.2 Å².